The third-order valence-corrected chi connectivity index (χ3v) is 4.22. The van der Waals surface area contributed by atoms with Gasteiger partial charge in [-0.25, -0.2) is 0 Å². The van der Waals surface area contributed by atoms with Crippen molar-refractivity contribution in [3.8, 4) is 0 Å². The summed E-state index contributed by atoms with van der Waals surface area (Å²) in [5.41, 5.74) is 2.88. The standard InChI is InChI=1S/C10H20N6S/c1-16-14-10(13-15-16)7-9(12-11)6-8-2-4-17-5-3-8/h8-9,12H,2-7,11H2,1H3. The van der Waals surface area contributed by atoms with E-state index < -0.39 is 0 Å². The molecule has 0 saturated carbocycles. The molecule has 0 spiro atoms. The van der Waals surface area contributed by atoms with Gasteiger partial charge in [0.05, 0.1) is 7.05 Å². The molecule has 3 N–H and O–H groups in total. The number of thioether (sulfide) groups is 1. The van der Waals surface area contributed by atoms with Crippen molar-refractivity contribution in [2.75, 3.05) is 11.5 Å². The van der Waals surface area contributed by atoms with E-state index in [0.717, 1.165) is 24.6 Å². The van der Waals surface area contributed by atoms with Gasteiger partial charge in [0.25, 0.3) is 0 Å². The van der Waals surface area contributed by atoms with Gasteiger partial charge in [0.15, 0.2) is 5.82 Å². The van der Waals surface area contributed by atoms with Gasteiger partial charge in [-0.15, -0.1) is 10.2 Å². The second-order valence-corrected chi connectivity index (χ2v) is 5.78. The number of nitrogens with two attached hydrogens (primary N) is 1. The minimum absolute atomic E-state index is 0.257. The predicted molar refractivity (Wildman–Crippen MR) is 68.3 cm³/mol. The summed E-state index contributed by atoms with van der Waals surface area (Å²) in [6.07, 6.45) is 4.47. The van der Waals surface area contributed by atoms with Crippen LogP contribution in [0, 0.1) is 5.92 Å². The molecule has 1 aliphatic heterocycles. The highest BCUT2D eigenvalue weighted by Gasteiger charge is 2.20. The second kappa shape index (κ2) is 6.32. The van der Waals surface area contributed by atoms with E-state index in [1.54, 1.807) is 7.05 Å². The zero-order valence-electron chi connectivity index (χ0n) is 10.2. The minimum atomic E-state index is 0.257. The summed E-state index contributed by atoms with van der Waals surface area (Å²) >= 11 is 2.05. The maximum Gasteiger partial charge on any atom is 0.176 e. The SMILES string of the molecule is Cn1nnc(CC(CC2CCSCC2)NN)n1. The largest absolute Gasteiger partial charge is 0.271 e. The summed E-state index contributed by atoms with van der Waals surface area (Å²) in [5.74, 6) is 9.72. The molecule has 0 radical (unpaired) electrons. The maximum absolute atomic E-state index is 5.61. The fourth-order valence-corrected chi connectivity index (χ4v) is 3.42. The first-order valence-corrected chi connectivity index (χ1v) is 7.20. The van der Waals surface area contributed by atoms with Crippen molar-refractivity contribution in [1.82, 2.24) is 25.6 Å². The lowest BCUT2D eigenvalue weighted by Gasteiger charge is -2.25. The molecule has 17 heavy (non-hydrogen) atoms. The summed E-state index contributed by atoms with van der Waals surface area (Å²) in [7, 11) is 1.78. The van der Waals surface area contributed by atoms with E-state index >= 15 is 0 Å². The van der Waals surface area contributed by atoms with Crippen LogP contribution in [0.3, 0.4) is 0 Å². The quantitative estimate of drug-likeness (QED) is 0.575. The number of rotatable bonds is 5. The molecule has 0 amide bonds. The molecule has 96 valence electrons. The van der Waals surface area contributed by atoms with Crippen LogP contribution in [-0.4, -0.2) is 37.8 Å². The van der Waals surface area contributed by atoms with Crippen LogP contribution >= 0.6 is 11.8 Å². The third kappa shape index (κ3) is 3.93. The van der Waals surface area contributed by atoms with Crippen LogP contribution in [-0.2, 0) is 13.5 Å². The molecule has 1 aliphatic rings. The summed E-state index contributed by atoms with van der Waals surface area (Å²) in [6.45, 7) is 0. The van der Waals surface area contributed by atoms with Crippen molar-refractivity contribution in [1.29, 1.82) is 0 Å². The van der Waals surface area contributed by atoms with Gasteiger partial charge in [0, 0.05) is 12.5 Å². The van der Waals surface area contributed by atoms with Crippen LogP contribution in [0.25, 0.3) is 0 Å². The molecule has 0 aliphatic carbocycles. The number of nitrogens with one attached hydrogen (secondary N) is 1. The number of tetrazole rings is 1. The fourth-order valence-electron chi connectivity index (χ4n) is 2.22. The lowest BCUT2D eigenvalue weighted by atomic mass is 9.93. The van der Waals surface area contributed by atoms with Crippen molar-refractivity contribution in [2.45, 2.75) is 31.7 Å². The van der Waals surface area contributed by atoms with Crippen LogP contribution in [0.4, 0.5) is 0 Å². The Kier molecular flexibility index (Phi) is 4.75. The van der Waals surface area contributed by atoms with Crippen LogP contribution in [0.2, 0.25) is 0 Å². The minimum Gasteiger partial charge on any atom is -0.271 e. The number of hydrazine groups is 1. The Bertz CT molecular complexity index is 335. The normalized spacial score (nSPS) is 19.4. The second-order valence-electron chi connectivity index (χ2n) is 4.55. The molecule has 6 nitrogen and oxygen atoms in total. The first-order valence-electron chi connectivity index (χ1n) is 6.04. The highest BCUT2D eigenvalue weighted by molar-refractivity contribution is 7.99. The molecule has 0 bridgehead atoms. The van der Waals surface area contributed by atoms with Crippen molar-refractivity contribution in [3.63, 3.8) is 0 Å². The molecular formula is C10H20N6S. The zero-order chi connectivity index (χ0) is 12.1. The van der Waals surface area contributed by atoms with E-state index in [1.807, 2.05) is 0 Å². The summed E-state index contributed by atoms with van der Waals surface area (Å²) < 4.78 is 0. The molecule has 2 rings (SSSR count). The average molecular weight is 256 g/mol. The Hall–Kier alpha value is -0.660. The average Bonchev–Trinajstić information content (AvgIpc) is 2.75. The van der Waals surface area contributed by atoms with Crippen LogP contribution in [0.5, 0.6) is 0 Å². The third-order valence-electron chi connectivity index (χ3n) is 3.17. The van der Waals surface area contributed by atoms with E-state index in [0.29, 0.717) is 0 Å². The highest BCUT2D eigenvalue weighted by atomic mass is 32.2. The van der Waals surface area contributed by atoms with Gasteiger partial charge < -0.3 is 0 Å². The fraction of sp³-hybridized carbons (Fsp3) is 0.900. The zero-order valence-corrected chi connectivity index (χ0v) is 11.0. The van der Waals surface area contributed by atoms with Gasteiger partial charge in [-0.1, -0.05) is 0 Å². The lowest BCUT2D eigenvalue weighted by molar-refractivity contribution is 0.362. The van der Waals surface area contributed by atoms with Gasteiger partial charge in [0.1, 0.15) is 0 Å². The number of aryl methyl sites for hydroxylation is 1. The topological polar surface area (TPSA) is 81.7 Å². The van der Waals surface area contributed by atoms with Crippen molar-refractivity contribution in [2.24, 2.45) is 18.8 Å². The Morgan fingerprint density at radius 1 is 1.53 bits per heavy atom. The Morgan fingerprint density at radius 3 is 2.88 bits per heavy atom. The van der Waals surface area contributed by atoms with Crippen molar-refractivity contribution < 1.29 is 0 Å². The van der Waals surface area contributed by atoms with Crippen molar-refractivity contribution in [3.05, 3.63) is 5.82 Å². The molecule has 0 aromatic carbocycles. The number of hydrogen-bond donors (Lipinski definition) is 2. The Labute approximate surface area is 106 Å². The molecule has 1 aromatic heterocycles. The van der Waals surface area contributed by atoms with Crippen LogP contribution in [0.15, 0.2) is 0 Å². The Balaban J connectivity index is 1.83. The summed E-state index contributed by atoms with van der Waals surface area (Å²) in [4.78, 5) is 1.49. The van der Waals surface area contributed by atoms with E-state index in [9.17, 15) is 0 Å². The molecule has 1 aromatic rings. The van der Waals surface area contributed by atoms with Gasteiger partial charge in [-0.05, 0) is 41.9 Å². The summed E-state index contributed by atoms with van der Waals surface area (Å²) in [6, 6.07) is 0.257. The number of aromatic nitrogens is 4. The van der Waals surface area contributed by atoms with Gasteiger partial charge in [-0.2, -0.15) is 16.6 Å². The van der Waals surface area contributed by atoms with Gasteiger partial charge in [-0.3, -0.25) is 11.3 Å². The van der Waals surface area contributed by atoms with Gasteiger partial charge in [0.2, 0.25) is 0 Å². The smallest absolute Gasteiger partial charge is 0.176 e. The van der Waals surface area contributed by atoms with Crippen LogP contribution < -0.4 is 11.3 Å². The number of nitrogens with zero attached hydrogens (tertiary/aromatic N) is 4. The highest BCUT2D eigenvalue weighted by Crippen LogP contribution is 2.26. The van der Waals surface area contributed by atoms with E-state index in [1.165, 1.54) is 29.1 Å². The van der Waals surface area contributed by atoms with Crippen LogP contribution in [0.1, 0.15) is 25.1 Å². The molecule has 7 heteroatoms. The molecule has 1 unspecified atom stereocenters. The van der Waals surface area contributed by atoms with E-state index in [-0.39, 0.29) is 6.04 Å². The summed E-state index contributed by atoms with van der Waals surface area (Å²) in [5, 5.41) is 12.0. The maximum atomic E-state index is 5.61. The van der Waals surface area contributed by atoms with Gasteiger partial charge >= 0.3 is 0 Å². The monoisotopic (exact) mass is 256 g/mol. The van der Waals surface area contributed by atoms with E-state index in [2.05, 4.69) is 32.6 Å². The lowest BCUT2D eigenvalue weighted by Crippen LogP contribution is -2.39. The predicted octanol–water partition coefficient (Wildman–Crippen LogP) is 0.118. The number of hydrogen-bond acceptors (Lipinski definition) is 6. The molecule has 1 fully saturated rings. The molecule has 1 saturated heterocycles. The van der Waals surface area contributed by atoms with Crippen molar-refractivity contribution >= 4 is 11.8 Å². The first kappa shape index (κ1) is 12.8. The molecule has 2 heterocycles. The Morgan fingerprint density at radius 2 is 2.29 bits per heavy atom. The molecule has 1 atom stereocenters. The first-order chi connectivity index (χ1) is 8.28. The van der Waals surface area contributed by atoms with E-state index in [4.69, 9.17) is 5.84 Å². The molecular weight excluding hydrogens is 236 g/mol.